The van der Waals surface area contributed by atoms with Gasteiger partial charge in [0, 0.05) is 38.6 Å². The Hall–Kier alpha value is -3.14. The molecule has 1 aliphatic heterocycles. The van der Waals surface area contributed by atoms with Gasteiger partial charge in [-0.3, -0.25) is 4.90 Å². The van der Waals surface area contributed by atoms with Crippen molar-refractivity contribution in [2.24, 2.45) is 0 Å². The molecule has 4 aromatic rings. The monoisotopic (exact) mass is 478 g/mol. The second-order valence-corrected chi connectivity index (χ2v) is 9.65. The van der Waals surface area contributed by atoms with Crippen LogP contribution in [0.4, 0.5) is 26.8 Å². The van der Waals surface area contributed by atoms with Crippen molar-refractivity contribution in [1.29, 1.82) is 0 Å². The predicted octanol–water partition coefficient (Wildman–Crippen LogP) is 5.35. The van der Waals surface area contributed by atoms with Crippen molar-refractivity contribution in [2.75, 3.05) is 30.4 Å². The maximum atomic E-state index is 13.2. The molecular weight excluding hydrogens is 451 g/mol. The van der Waals surface area contributed by atoms with E-state index in [1.165, 1.54) is 29.0 Å². The Kier molecular flexibility index (Phi) is 6.40. The van der Waals surface area contributed by atoms with Gasteiger partial charge >= 0.3 is 0 Å². The molecule has 1 aliphatic rings. The van der Waals surface area contributed by atoms with E-state index in [-0.39, 0.29) is 18.0 Å². The number of halogens is 1. The third kappa shape index (κ3) is 5.16. The van der Waals surface area contributed by atoms with Gasteiger partial charge in [0.25, 0.3) is 0 Å². The van der Waals surface area contributed by atoms with Crippen LogP contribution in [0.2, 0.25) is 0 Å². The van der Waals surface area contributed by atoms with E-state index in [4.69, 9.17) is 9.72 Å². The summed E-state index contributed by atoms with van der Waals surface area (Å²) in [7, 11) is 1.91. The molecule has 7 nitrogen and oxygen atoms in total. The number of anilines is 4. The van der Waals surface area contributed by atoms with Crippen LogP contribution in [0.25, 0.3) is 10.3 Å². The van der Waals surface area contributed by atoms with Crippen LogP contribution in [0, 0.1) is 5.82 Å². The molecule has 0 saturated carbocycles. The molecule has 1 aromatic carbocycles. The number of benzene rings is 1. The van der Waals surface area contributed by atoms with E-state index in [1.807, 2.05) is 36.3 Å². The highest BCUT2D eigenvalue weighted by Crippen LogP contribution is 2.30. The lowest BCUT2D eigenvalue weighted by atomic mass is 10.2. The molecule has 34 heavy (non-hydrogen) atoms. The molecule has 0 aliphatic carbocycles. The van der Waals surface area contributed by atoms with Crippen LogP contribution in [-0.2, 0) is 11.3 Å². The zero-order valence-corrected chi connectivity index (χ0v) is 20.2. The lowest BCUT2D eigenvalue weighted by Gasteiger charge is -2.35. The fourth-order valence-corrected chi connectivity index (χ4v) is 5.06. The number of pyridine rings is 2. The van der Waals surface area contributed by atoms with Crippen LogP contribution in [0.3, 0.4) is 0 Å². The average Bonchev–Trinajstić information content (AvgIpc) is 3.21. The molecule has 0 spiro atoms. The number of aromatic nitrogens is 3. The van der Waals surface area contributed by atoms with E-state index in [1.54, 1.807) is 12.1 Å². The second kappa shape index (κ2) is 9.61. The molecule has 1 fully saturated rings. The third-order valence-electron chi connectivity index (χ3n) is 5.76. The first kappa shape index (κ1) is 22.6. The fourth-order valence-electron chi connectivity index (χ4n) is 4.22. The number of hydrogen-bond acceptors (Lipinski definition) is 8. The molecule has 0 radical (unpaired) electrons. The Bertz CT molecular complexity index is 1250. The van der Waals surface area contributed by atoms with E-state index < -0.39 is 0 Å². The quantitative estimate of drug-likeness (QED) is 0.401. The Labute approximate surface area is 202 Å². The Balaban J connectivity index is 1.26. The van der Waals surface area contributed by atoms with Crippen molar-refractivity contribution in [1.82, 2.24) is 19.9 Å². The van der Waals surface area contributed by atoms with Crippen LogP contribution in [0.5, 0.6) is 0 Å². The number of rotatable bonds is 6. The summed E-state index contributed by atoms with van der Waals surface area (Å²) in [5.41, 5.74) is 2.85. The van der Waals surface area contributed by atoms with Crippen LogP contribution in [0.1, 0.15) is 19.4 Å². The highest BCUT2D eigenvalue weighted by Gasteiger charge is 2.22. The minimum atomic E-state index is -0.259. The highest BCUT2D eigenvalue weighted by atomic mass is 32.1. The van der Waals surface area contributed by atoms with Gasteiger partial charge in [0.05, 0.1) is 12.2 Å². The van der Waals surface area contributed by atoms with Gasteiger partial charge in [0.1, 0.15) is 27.8 Å². The minimum Gasteiger partial charge on any atom is -0.373 e. The van der Waals surface area contributed by atoms with Gasteiger partial charge in [-0.05, 0) is 61.9 Å². The Morgan fingerprint density at radius 3 is 2.53 bits per heavy atom. The summed E-state index contributed by atoms with van der Waals surface area (Å²) in [5, 5.41) is 4.03. The predicted molar refractivity (Wildman–Crippen MR) is 135 cm³/mol. The molecule has 1 saturated heterocycles. The normalized spacial score (nSPS) is 18.8. The summed E-state index contributed by atoms with van der Waals surface area (Å²) < 4.78 is 19.1. The maximum absolute atomic E-state index is 13.2. The second-order valence-electron chi connectivity index (χ2n) is 8.68. The summed E-state index contributed by atoms with van der Waals surface area (Å²) in [6.07, 6.45) is 2.41. The van der Waals surface area contributed by atoms with Crippen LogP contribution < -0.4 is 10.2 Å². The van der Waals surface area contributed by atoms with Gasteiger partial charge in [0.2, 0.25) is 0 Å². The molecule has 176 valence electrons. The molecule has 0 amide bonds. The summed E-state index contributed by atoms with van der Waals surface area (Å²) in [5.74, 6) is 1.25. The number of nitrogens with one attached hydrogen (secondary N) is 1. The summed E-state index contributed by atoms with van der Waals surface area (Å²) in [6, 6.07) is 14.3. The molecule has 5 rings (SSSR count). The van der Waals surface area contributed by atoms with E-state index in [9.17, 15) is 4.39 Å². The Morgan fingerprint density at radius 1 is 1.06 bits per heavy atom. The SMILES string of the molecule is CC1CN(Cc2ccc(Nc3nc4ccc(N(C)c5ccc(F)cc5)nc4s3)nc2)CC(C)O1. The van der Waals surface area contributed by atoms with Gasteiger partial charge in [-0.1, -0.05) is 17.4 Å². The lowest BCUT2D eigenvalue weighted by molar-refractivity contribution is -0.0705. The van der Waals surface area contributed by atoms with Gasteiger partial charge in [-0.2, -0.15) is 0 Å². The lowest BCUT2D eigenvalue weighted by Crippen LogP contribution is -2.44. The number of hydrogen-bond donors (Lipinski definition) is 1. The minimum absolute atomic E-state index is 0.251. The summed E-state index contributed by atoms with van der Waals surface area (Å²) in [6.45, 7) is 6.96. The molecule has 3 aromatic heterocycles. The molecular formula is C25H27FN6OS. The number of nitrogens with zero attached hydrogens (tertiary/aromatic N) is 5. The molecule has 4 heterocycles. The first-order valence-electron chi connectivity index (χ1n) is 11.3. The molecule has 0 bridgehead atoms. The number of ether oxygens (including phenoxy) is 1. The zero-order chi connectivity index (χ0) is 23.7. The average molecular weight is 479 g/mol. The topological polar surface area (TPSA) is 66.4 Å². The third-order valence-corrected chi connectivity index (χ3v) is 6.64. The van der Waals surface area contributed by atoms with Crippen molar-refractivity contribution >= 4 is 44.1 Å². The van der Waals surface area contributed by atoms with Crippen LogP contribution >= 0.6 is 11.3 Å². The summed E-state index contributed by atoms with van der Waals surface area (Å²) in [4.78, 5) is 19.1. The highest BCUT2D eigenvalue weighted by molar-refractivity contribution is 7.21. The van der Waals surface area contributed by atoms with Gasteiger partial charge in [0.15, 0.2) is 5.13 Å². The molecule has 1 N–H and O–H groups in total. The fraction of sp³-hybridized carbons (Fsp3) is 0.320. The van der Waals surface area contributed by atoms with Gasteiger partial charge in [-0.15, -0.1) is 0 Å². The van der Waals surface area contributed by atoms with Crippen LogP contribution in [0.15, 0.2) is 54.7 Å². The van der Waals surface area contributed by atoms with Crippen molar-refractivity contribution in [3.05, 3.63) is 66.1 Å². The molecule has 2 unspecified atom stereocenters. The molecule has 9 heteroatoms. The van der Waals surface area contributed by atoms with E-state index >= 15 is 0 Å². The van der Waals surface area contributed by atoms with E-state index in [2.05, 4.69) is 40.1 Å². The first-order valence-corrected chi connectivity index (χ1v) is 12.1. The van der Waals surface area contributed by atoms with E-state index in [0.717, 1.165) is 52.4 Å². The maximum Gasteiger partial charge on any atom is 0.190 e. The Morgan fingerprint density at radius 2 is 1.82 bits per heavy atom. The van der Waals surface area contributed by atoms with E-state index in [0.29, 0.717) is 0 Å². The van der Waals surface area contributed by atoms with Crippen molar-refractivity contribution in [3.63, 3.8) is 0 Å². The smallest absolute Gasteiger partial charge is 0.190 e. The number of thiazole rings is 1. The van der Waals surface area contributed by atoms with Crippen molar-refractivity contribution in [3.8, 4) is 0 Å². The van der Waals surface area contributed by atoms with Crippen LogP contribution in [-0.4, -0.2) is 52.2 Å². The van der Waals surface area contributed by atoms with Crippen molar-refractivity contribution in [2.45, 2.75) is 32.6 Å². The number of fused-ring (bicyclic) bond motifs is 1. The standard InChI is InChI=1S/C25H27FN6OS/c1-16-13-32(14-17(2)33-16)15-18-4-10-22(27-12-18)29-25-28-21-9-11-23(30-24(21)34-25)31(3)20-7-5-19(26)6-8-20/h4-12,16-17H,13-15H2,1-3H3,(H,27,28,29). The largest absolute Gasteiger partial charge is 0.373 e. The van der Waals surface area contributed by atoms with Crippen molar-refractivity contribution < 1.29 is 9.13 Å². The van der Waals surface area contributed by atoms with Gasteiger partial charge < -0.3 is 15.0 Å². The number of morpholine rings is 1. The first-order chi connectivity index (χ1) is 16.4. The summed E-state index contributed by atoms with van der Waals surface area (Å²) >= 11 is 1.47. The molecule has 2 atom stereocenters. The zero-order valence-electron chi connectivity index (χ0n) is 19.4. The van der Waals surface area contributed by atoms with Gasteiger partial charge in [-0.25, -0.2) is 19.3 Å².